The number of aliphatic imine (C=N–C) groups is 1. The second kappa shape index (κ2) is 4.58. The van der Waals surface area contributed by atoms with E-state index in [4.69, 9.17) is 23.8 Å². The lowest BCUT2D eigenvalue weighted by atomic mass is 9.94. The average Bonchev–Trinajstić information content (AvgIpc) is 2.90. The number of likely N-dealkylation sites (N-methyl/N-ethyl adjacent to an activating group) is 1. The van der Waals surface area contributed by atoms with Gasteiger partial charge in [0.2, 0.25) is 0 Å². The van der Waals surface area contributed by atoms with Crippen molar-refractivity contribution in [2.75, 3.05) is 7.05 Å². The molecule has 6 heteroatoms. The normalized spacial score (nSPS) is 24.8. The smallest absolute Gasteiger partial charge is 0.251 e. The summed E-state index contributed by atoms with van der Waals surface area (Å²) in [5.41, 5.74) is 1.89. The molecule has 2 aliphatic rings. The molecule has 1 saturated heterocycles. The summed E-state index contributed by atoms with van der Waals surface area (Å²) in [5.74, 6) is 0.110. The molecule has 0 bridgehead atoms. The summed E-state index contributed by atoms with van der Waals surface area (Å²) in [6.45, 7) is 0. The van der Waals surface area contributed by atoms with Crippen LogP contribution in [0.15, 0.2) is 23.2 Å². The first kappa shape index (κ1) is 12.6. The van der Waals surface area contributed by atoms with E-state index in [1.807, 2.05) is 24.4 Å². The van der Waals surface area contributed by atoms with Crippen LogP contribution in [0, 0.1) is 0 Å². The third-order valence-electron chi connectivity index (χ3n) is 3.52. The first-order valence-corrected chi connectivity index (χ1v) is 6.77. The Balaban J connectivity index is 1.81. The molecule has 98 valence electrons. The fraction of sp³-hybridized carbons (Fsp3) is 0.308. The van der Waals surface area contributed by atoms with Crippen molar-refractivity contribution < 1.29 is 4.79 Å². The number of para-hydroxylation sites is 1. The molecule has 0 saturated carbocycles. The van der Waals surface area contributed by atoms with Gasteiger partial charge in [0, 0.05) is 19.2 Å². The van der Waals surface area contributed by atoms with Crippen molar-refractivity contribution in [3.63, 3.8) is 0 Å². The van der Waals surface area contributed by atoms with E-state index >= 15 is 0 Å². The molecule has 0 spiro atoms. The molecule has 1 amide bonds. The minimum Gasteiger partial charge on any atom is -0.350 e. The lowest BCUT2D eigenvalue weighted by Crippen LogP contribution is -2.30. The molecule has 19 heavy (non-hydrogen) atoms. The van der Waals surface area contributed by atoms with Crippen LogP contribution in [0.5, 0.6) is 0 Å². The third-order valence-corrected chi connectivity index (χ3v) is 4.22. The van der Waals surface area contributed by atoms with Gasteiger partial charge in [-0.15, -0.1) is 0 Å². The van der Waals surface area contributed by atoms with Crippen LogP contribution in [0.4, 0.5) is 5.69 Å². The van der Waals surface area contributed by atoms with Crippen LogP contribution in [0.2, 0.25) is 5.02 Å². The van der Waals surface area contributed by atoms with Gasteiger partial charge in [0.05, 0.1) is 10.7 Å². The molecule has 1 fully saturated rings. The van der Waals surface area contributed by atoms with Gasteiger partial charge >= 0.3 is 0 Å². The number of thiocarbonyl (C=S) groups is 1. The fourth-order valence-corrected chi connectivity index (χ4v) is 2.92. The maximum atomic E-state index is 12.0. The van der Waals surface area contributed by atoms with Crippen molar-refractivity contribution in [3.8, 4) is 0 Å². The molecule has 3 rings (SSSR count). The number of amides is 1. The van der Waals surface area contributed by atoms with Gasteiger partial charge in [0.25, 0.3) is 5.91 Å². The molecule has 2 heterocycles. The van der Waals surface area contributed by atoms with Gasteiger partial charge < -0.3 is 5.32 Å². The molecule has 2 aliphatic heterocycles. The number of carbonyl (C=O) groups excluding carboxylic acids is 1. The molecule has 1 aromatic rings. The zero-order valence-corrected chi connectivity index (χ0v) is 11.8. The van der Waals surface area contributed by atoms with E-state index < -0.39 is 0 Å². The van der Waals surface area contributed by atoms with Crippen LogP contribution in [-0.2, 0) is 4.79 Å². The van der Waals surface area contributed by atoms with Crippen LogP contribution in [0.3, 0.4) is 0 Å². The van der Waals surface area contributed by atoms with Gasteiger partial charge in [-0.1, -0.05) is 23.7 Å². The van der Waals surface area contributed by atoms with Crippen LogP contribution in [-0.4, -0.2) is 35.2 Å². The quantitative estimate of drug-likeness (QED) is 0.851. The van der Waals surface area contributed by atoms with E-state index in [2.05, 4.69) is 10.3 Å². The molecule has 1 N–H and O–H groups in total. The maximum Gasteiger partial charge on any atom is 0.251 e. The van der Waals surface area contributed by atoms with Crippen molar-refractivity contribution in [1.82, 2.24) is 10.2 Å². The van der Waals surface area contributed by atoms with E-state index in [1.165, 1.54) is 4.90 Å². The molecule has 4 nitrogen and oxygen atoms in total. The van der Waals surface area contributed by atoms with E-state index in [9.17, 15) is 4.79 Å². The first-order chi connectivity index (χ1) is 9.08. The first-order valence-electron chi connectivity index (χ1n) is 5.98. The van der Waals surface area contributed by atoms with Crippen LogP contribution < -0.4 is 5.32 Å². The Kier molecular flexibility index (Phi) is 3.03. The number of halogens is 1. The zero-order valence-electron chi connectivity index (χ0n) is 10.3. The van der Waals surface area contributed by atoms with E-state index in [1.54, 1.807) is 7.05 Å². The summed E-state index contributed by atoms with van der Waals surface area (Å²) in [7, 11) is 1.69. The van der Waals surface area contributed by atoms with Crippen molar-refractivity contribution in [2.45, 2.75) is 18.4 Å². The Bertz CT molecular complexity index is 602. The van der Waals surface area contributed by atoms with Gasteiger partial charge in [-0.05, 0) is 30.3 Å². The number of hydrogen-bond donors (Lipinski definition) is 1. The molecule has 1 aromatic carbocycles. The predicted octanol–water partition coefficient (Wildman–Crippen LogP) is 2.24. The fourth-order valence-electron chi connectivity index (χ4n) is 2.46. The number of fused-ring (bicyclic) bond motifs is 1. The SMILES string of the molecule is CN1C(=O)C(CC2C=Nc3c(Cl)cccc32)NC1=S. The standard InChI is InChI=1S/C13H12ClN3OS/c1-17-12(18)10(16-13(17)19)5-7-6-15-11-8(7)3-2-4-9(11)14/h2-4,6-7,10H,5H2,1H3,(H,16,19). The predicted molar refractivity (Wildman–Crippen MR) is 79.3 cm³/mol. The molecule has 0 aliphatic carbocycles. The molecule has 2 atom stereocenters. The van der Waals surface area contributed by atoms with Crippen LogP contribution >= 0.6 is 23.8 Å². The highest BCUT2D eigenvalue weighted by atomic mass is 35.5. The van der Waals surface area contributed by atoms with Crippen molar-refractivity contribution >= 4 is 46.7 Å². The van der Waals surface area contributed by atoms with Crippen LogP contribution in [0.25, 0.3) is 0 Å². The van der Waals surface area contributed by atoms with E-state index in [0.717, 1.165) is 11.3 Å². The second-order valence-corrected chi connectivity index (χ2v) is 5.49. The van der Waals surface area contributed by atoms with Gasteiger partial charge in [-0.3, -0.25) is 14.7 Å². The summed E-state index contributed by atoms with van der Waals surface area (Å²) in [6.07, 6.45) is 2.49. The summed E-state index contributed by atoms with van der Waals surface area (Å²) < 4.78 is 0. The Morgan fingerprint density at radius 1 is 1.53 bits per heavy atom. The third kappa shape index (κ3) is 2.03. The van der Waals surface area contributed by atoms with Crippen molar-refractivity contribution in [2.24, 2.45) is 4.99 Å². The van der Waals surface area contributed by atoms with Crippen LogP contribution in [0.1, 0.15) is 17.9 Å². The zero-order chi connectivity index (χ0) is 13.6. The minimum atomic E-state index is -0.279. The van der Waals surface area contributed by atoms with E-state index in [0.29, 0.717) is 16.6 Å². The number of hydrogen-bond acceptors (Lipinski definition) is 3. The largest absolute Gasteiger partial charge is 0.350 e. The van der Waals surface area contributed by atoms with Gasteiger partial charge in [0.15, 0.2) is 5.11 Å². The number of rotatable bonds is 2. The lowest BCUT2D eigenvalue weighted by molar-refractivity contribution is -0.126. The number of carbonyl (C=O) groups is 1. The summed E-state index contributed by atoms with van der Waals surface area (Å²) in [4.78, 5) is 17.8. The molecule has 0 aromatic heterocycles. The second-order valence-electron chi connectivity index (χ2n) is 4.70. The highest BCUT2D eigenvalue weighted by molar-refractivity contribution is 7.80. The summed E-state index contributed by atoms with van der Waals surface area (Å²) >= 11 is 11.2. The average molecular weight is 294 g/mol. The van der Waals surface area contributed by atoms with Gasteiger partial charge in [-0.2, -0.15) is 0 Å². The number of benzene rings is 1. The van der Waals surface area contributed by atoms with Crippen molar-refractivity contribution in [3.05, 3.63) is 28.8 Å². The highest BCUT2D eigenvalue weighted by Crippen LogP contribution is 2.39. The maximum absolute atomic E-state index is 12.0. The Labute approximate surface area is 121 Å². The Morgan fingerprint density at radius 2 is 2.32 bits per heavy atom. The molecular formula is C13H12ClN3OS. The molecule has 2 unspecified atom stereocenters. The molecule has 0 radical (unpaired) electrons. The summed E-state index contributed by atoms with van der Waals surface area (Å²) in [6, 6.07) is 5.45. The van der Waals surface area contributed by atoms with Gasteiger partial charge in [-0.25, -0.2) is 0 Å². The Hall–Kier alpha value is -1.46. The molecular weight excluding hydrogens is 282 g/mol. The topological polar surface area (TPSA) is 44.7 Å². The minimum absolute atomic E-state index is 0.00822. The van der Waals surface area contributed by atoms with Crippen molar-refractivity contribution in [1.29, 1.82) is 0 Å². The lowest BCUT2D eigenvalue weighted by Gasteiger charge is -2.13. The van der Waals surface area contributed by atoms with Gasteiger partial charge in [0.1, 0.15) is 6.04 Å². The highest BCUT2D eigenvalue weighted by Gasteiger charge is 2.35. The number of nitrogens with one attached hydrogen (secondary N) is 1. The van der Waals surface area contributed by atoms with E-state index in [-0.39, 0.29) is 17.9 Å². The summed E-state index contributed by atoms with van der Waals surface area (Å²) in [5, 5.41) is 4.17. The number of nitrogens with zero attached hydrogens (tertiary/aromatic N) is 2. The monoisotopic (exact) mass is 293 g/mol. The Morgan fingerprint density at radius 3 is 3.00 bits per heavy atom.